The van der Waals surface area contributed by atoms with E-state index >= 15 is 0 Å². The molecule has 0 spiro atoms. The number of aromatic nitrogens is 3. The normalized spacial score (nSPS) is 10.0. The van der Waals surface area contributed by atoms with E-state index in [1.807, 2.05) is 0 Å². The molecule has 0 radical (unpaired) electrons. The maximum absolute atomic E-state index is 10.9. The van der Waals surface area contributed by atoms with Gasteiger partial charge in [0.25, 0.3) is 0 Å². The van der Waals surface area contributed by atoms with Crippen LogP contribution in [0.1, 0.15) is 16.1 Å². The average molecular weight is 245 g/mol. The van der Waals surface area contributed by atoms with Crippen molar-refractivity contribution in [2.75, 3.05) is 11.1 Å². The topological polar surface area (TPSA) is 114 Å². The van der Waals surface area contributed by atoms with Gasteiger partial charge >= 0.3 is 5.97 Å². The molecule has 0 aliphatic rings. The van der Waals surface area contributed by atoms with Crippen molar-refractivity contribution in [1.82, 2.24) is 15.0 Å². The Bertz CT molecular complexity index is 559. The van der Waals surface area contributed by atoms with Crippen molar-refractivity contribution in [3.8, 4) is 0 Å². The molecule has 0 unspecified atom stereocenters. The molecule has 0 aliphatic heterocycles. The quantitative estimate of drug-likeness (QED) is 0.728. The van der Waals surface area contributed by atoms with Gasteiger partial charge in [-0.3, -0.25) is 0 Å². The van der Waals surface area contributed by atoms with Crippen LogP contribution in [0.5, 0.6) is 0 Å². The van der Waals surface area contributed by atoms with Gasteiger partial charge in [-0.05, 0) is 12.1 Å². The van der Waals surface area contributed by atoms with E-state index in [9.17, 15) is 4.79 Å². The zero-order valence-electron chi connectivity index (χ0n) is 9.37. The second-order valence-electron chi connectivity index (χ2n) is 3.48. The number of aromatic carboxylic acids is 1. The highest BCUT2D eigenvalue weighted by Gasteiger charge is 2.11. The Kier molecular flexibility index (Phi) is 3.33. The number of nitrogens with one attached hydrogen (secondary N) is 1. The second kappa shape index (κ2) is 5.09. The lowest BCUT2D eigenvalue weighted by Crippen LogP contribution is -2.10. The molecule has 0 fully saturated rings. The Balaban J connectivity index is 2.15. The van der Waals surface area contributed by atoms with E-state index in [2.05, 4.69) is 20.3 Å². The Labute approximate surface area is 103 Å². The Morgan fingerprint density at radius 3 is 2.83 bits per heavy atom. The lowest BCUT2D eigenvalue weighted by atomic mass is 10.2. The molecule has 0 bridgehead atoms. The van der Waals surface area contributed by atoms with Gasteiger partial charge in [-0.1, -0.05) is 0 Å². The summed E-state index contributed by atoms with van der Waals surface area (Å²) in [4.78, 5) is 22.7. The molecule has 2 aromatic rings. The molecule has 0 atom stereocenters. The molecule has 18 heavy (non-hydrogen) atoms. The molecule has 2 aromatic heterocycles. The van der Waals surface area contributed by atoms with Crippen LogP contribution in [0.2, 0.25) is 0 Å². The predicted molar refractivity (Wildman–Crippen MR) is 65.0 cm³/mol. The Morgan fingerprint density at radius 2 is 2.17 bits per heavy atom. The number of nitrogens with zero attached hydrogens (tertiary/aromatic N) is 3. The van der Waals surface area contributed by atoms with E-state index in [4.69, 9.17) is 10.8 Å². The highest BCUT2D eigenvalue weighted by atomic mass is 16.4. The van der Waals surface area contributed by atoms with E-state index in [0.717, 1.165) is 5.69 Å². The number of carboxylic acids is 1. The predicted octanol–water partition coefficient (Wildman–Crippen LogP) is 0.764. The number of anilines is 2. The van der Waals surface area contributed by atoms with Gasteiger partial charge in [-0.2, -0.15) is 0 Å². The van der Waals surface area contributed by atoms with E-state index in [-0.39, 0.29) is 11.3 Å². The first-order valence-corrected chi connectivity index (χ1v) is 5.15. The summed E-state index contributed by atoms with van der Waals surface area (Å²) >= 11 is 0. The molecule has 7 nitrogen and oxygen atoms in total. The summed E-state index contributed by atoms with van der Waals surface area (Å²) in [5, 5.41) is 11.9. The molecule has 2 heterocycles. The van der Waals surface area contributed by atoms with Crippen LogP contribution in [0.15, 0.2) is 30.9 Å². The highest BCUT2D eigenvalue weighted by Crippen LogP contribution is 2.20. The van der Waals surface area contributed by atoms with Crippen molar-refractivity contribution in [1.29, 1.82) is 0 Å². The minimum atomic E-state index is -1.08. The number of carbonyl (C=O) groups is 1. The van der Waals surface area contributed by atoms with Gasteiger partial charge in [0.05, 0.1) is 23.5 Å². The van der Waals surface area contributed by atoms with E-state index in [1.54, 1.807) is 12.3 Å². The molecular formula is C11H11N5O2. The second-order valence-corrected chi connectivity index (χ2v) is 3.48. The number of rotatable bonds is 4. The van der Waals surface area contributed by atoms with E-state index in [0.29, 0.717) is 12.4 Å². The Hall–Kier alpha value is -2.70. The third kappa shape index (κ3) is 2.51. The van der Waals surface area contributed by atoms with Crippen LogP contribution in [0.25, 0.3) is 0 Å². The summed E-state index contributed by atoms with van der Waals surface area (Å²) in [6, 6.07) is 3.10. The summed E-state index contributed by atoms with van der Waals surface area (Å²) < 4.78 is 0. The van der Waals surface area contributed by atoms with Gasteiger partial charge in [-0.15, -0.1) is 0 Å². The Morgan fingerprint density at radius 1 is 1.33 bits per heavy atom. The van der Waals surface area contributed by atoms with Crippen LogP contribution in [0.3, 0.4) is 0 Å². The average Bonchev–Trinajstić information content (AvgIpc) is 2.38. The summed E-state index contributed by atoms with van der Waals surface area (Å²) in [5.74, 6) is -0.756. The van der Waals surface area contributed by atoms with Gasteiger partial charge in [0, 0.05) is 12.4 Å². The molecule has 4 N–H and O–H groups in total. The van der Waals surface area contributed by atoms with Gasteiger partial charge in [0.2, 0.25) is 0 Å². The summed E-state index contributed by atoms with van der Waals surface area (Å²) in [5.41, 5.74) is 6.60. The highest BCUT2D eigenvalue weighted by molar-refractivity contribution is 5.96. The van der Waals surface area contributed by atoms with Crippen LogP contribution in [0.4, 0.5) is 11.5 Å². The smallest absolute Gasteiger partial charge is 0.337 e. The number of pyridine rings is 1. The monoisotopic (exact) mass is 245 g/mol. The van der Waals surface area contributed by atoms with Crippen molar-refractivity contribution in [3.05, 3.63) is 42.1 Å². The van der Waals surface area contributed by atoms with Crippen LogP contribution in [-0.2, 0) is 6.54 Å². The first-order chi connectivity index (χ1) is 8.68. The maximum atomic E-state index is 10.9. The van der Waals surface area contributed by atoms with Gasteiger partial charge < -0.3 is 16.2 Å². The third-order valence-corrected chi connectivity index (χ3v) is 2.30. The number of carboxylic acid groups (broad SMARTS) is 1. The van der Waals surface area contributed by atoms with Crippen molar-refractivity contribution in [2.24, 2.45) is 0 Å². The molecule has 0 saturated heterocycles. The van der Waals surface area contributed by atoms with Gasteiger partial charge in [0.1, 0.15) is 12.1 Å². The van der Waals surface area contributed by atoms with Gasteiger partial charge in [0.15, 0.2) is 0 Å². The fourth-order valence-electron chi connectivity index (χ4n) is 1.40. The zero-order chi connectivity index (χ0) is 13.0. The molecule has 2 rings (SSSR count). The number of nitrogens with two attached hydrogens (primary N) is 1. The van der Waals surface area contributed by atoms with Crippen molar-refractivity contribution in [3.63, 3.8) is 0 Å². The summed E-state index contributed by atoms with van der Waals surface area (Å²) in [6.45, 7) is 0.392. The SMILES string of the molecule is Nc1c(C(=O)O)ccnc1NCc1ccncn1. The first-order valence-electron chi connectivity index (χ1n) is 5.15. The number of hydrogen-bond acceptors (Lipinski definition) is 6. The lowest BCUT2D eigenvalue weighted by Gasteiger charge is -2.09. The van der Waals surface area contributed by atoms with Crippen molar-refractivity contribution < 1.29 is 9.90 Å². The van der Waals surface area contributed by atoms with E-state index in [1.165, 1.54) is 18.6 Å². The summed E-state index contributed by atoms with van der Waals surface area (Å²) in [6.07, 6.45) is 4.44. The minimum absolute atomic E-state index is 0.0233. The van der Waals surface area contributed by atoms with Crippen molar-refractivity contribution >= 4 is 17.5 Å². The summed E-state index contributed by atoms with van der Waals surface area (Å²) in [7, 11) is 0. The standard InChI is InChI=1S/C11H11N5O2/c12-9-8(11(17)18)2-4-14-10(9)15-5-7-1-3-13-6-16-7/h1-4,6H,5,12H2,(H,14,15)(H,17,18). The maximum Gasteiger partial charge on any atom is 0.337 e. The van der Waals surface area contributed by atoms with Crippen molar-refractivity contribution in [2.45, 2.75) is 6.54 Å². The van der Waals surface area contributed by atoms with Crippen LogP contribution >= 0.6 is 0 Å². The number of nitrogen functional groups attached to an aromatic ring is 1. The molecule has 92 valence electrons. The molecule has 0 amide bonds. The van der Waals surface area contributed by atoms with Crippen LogP contribution < -0.4 is 11.1 Å². The van der Waals surface area contributed by atoms with Gasteiger partial charge in [-0.25, -0.2) is 19.7 Å². The number of hydrogen-bond donors (Lipinski definition) is 3. The fourth-order valence-corrected chi connectivity index (χ4v) is 1.40. The minimum Gasteiger partial charge on any atom is -0.478 e. The van der Waals surface area contributed by atoms with E-state index < -0.39 is 5.97 Å². The molecule has 0 aliphatic carbocycles. The zero-order valence-corrected chi connectivity index (χ0v) is 9.37. The fraction of sp³-hybridized carbons (Fsp3) is 0.0909. The lowest BCUT2D eigenvalue weighted by molar-refractivity contribution is 0.0698. The molecule has 0 saturated carbocycles. The van der Waals surface area contributed by atoms with Crippen LogP contribution in [0, 0.1) is 0 Å². The largest absolute Gasteiger partial charge is 0.478 e. The third-order valence-electron chi connectivity index (χ3n) is 2.30. The van der Waals surface area contributed by atoms with Crippen LogP contribution in [-0.4, -0.2) is 26.0 Å². The molecule has 7 heteroatoms. The molecular weight excluding hydrogens is 234 g/mol. The molecule has 0 aromatic carbocycles. The first kappa shape index (κ1) is 11.8.